The highest BCUT2D eigenvalue weighted by Crippen LogP contribution is 2.19. The van der Waals surface area contributed by atoms with Crippen LogP contribution in [0.5, 0.6) is 0 Å². The molecule has 1 aliphatic rings. The van der Waals surface area contributed by atoms with E-state index in [1.54, 1.807) is 0 Å². The van der Waals surface area contributed by atoms with E-state index in [0.29, 0.717) is 12.0 Å². The molecule has 1 aromatic rings. The molecule has 0 radical (unpaired) electrons. The number of aryl methyl sites for hydroxylation is 2. The smallest absolute Gasteiger partial charge is 0.0512 e. The normalized spacial score (nSPS) is 25.7. The van der Waals surface area contributed by atoms with Gasteiger partial charge in [-0.15, -0.1) is 0 Å². The summed E-state index contributed by atoms with van der Waals surface area (Å²) in [6, 6.07) is 7.03. The molecule has 0 amide bonds. The van der Waals surface area contributed by atoms with Crippen LogP contribution < -0.4 is 5.73 Å². The number of nitrogens with two attached hydrogens (primary N) is 1. The Kier molecular flexibility index (Phi) is 3.62. The van der Waals surface area contributed by atoms with E-state index < -0.39 is 0 Å². The SMILES string of the molecule is Cc1cc(C)cc(CC2COCCC2N)c1. The third kappa shape index (κ3) is 2.83. The first kappa shape index (κ1) is 11.6. The first-order chi connectivity index (χ1) is 7.65. The molecule has 0 spiro atoms. The summed E-state index contributed by atoms with van der Waals surface area (Å²) < 4.78 is 5.51. The summed E-state index contributed by atoms with van der Waals surface area (Å²) >= 11 is 0. The van der Waals surface area contributed by atoms with Crippen LogP contribution in [0.15, 0.2) is 18.2 Å². The van der Waals surface area contributed by atoms with Gasteiger partial charge in [0.2, 0.25) is 0 Å². The summed E-state index contributed by atoms with van der Waals surface area (Å²) in [4.78, 5) is 0. The van der Waals surface area contributed by atoms with Crippen molar-refractivity contribution in [1.29, 1.82) is 0 Å². The Bertz CT molecular complexity index is 342. The predicted octanol–water partition coefficient (Wildman–Crippen LogP) is 2.21. The Balaban J connectivity index is 2.07. The van der Waals surface area contributed by atoms with Crippen molar-refractivity contribution in [2.45, 2.75) is 32.7 Å². The summed E-state index contributed by atoms with van der Waals surface area (Å²) in [6.07, 6.45) is 2.04. The maximum atomic E-state index is 6.12. The Labute approximate surface area is 97.8 Å². The Morgan fingerprint density at radius 2 is 1.94 bits per heavy atom. The molecule has 1 heterocycles. The molecular weight excluding hydrogens is 198 g/mol. The van der Waals surface area contributed by atoms with E-state index in [0.717, 1.165) is 26.1 Å². The fourth-order valence-electron chi connectivity index (χ4n) is 2.51. The van der Waals surface area contributed by atoms with Crippen LogP contribution in [0.25, 0.3) is 0 Å². The number of rotatable bonds is 2. The zero-order valence-electron chi connectivity index (χ0n) is 10.2. The first-order valence-electron chi connectivity index (χ1n) is 6.05. The summed E-state index contributed by atoms with van der Waals surface area (Å²) in [7, 11) is 0. The zero-order valence-corrected chi connectivity index (χ0v) is 10.2. The van der Waals surface area contributed by atoms with Gasteiger partial charge in [-0.25, -0.2) is 0 Å². The maximum absolute atomic E-state index is 6.12. The van der Waals surface area contributed by atoms with Crippen LogP contribution in [0.1, 0.15) is 23.1 Å². The molecule has 0 aliphatic carbocycles. The highest BCUT2D eigenvalue weighted by molar-refractivity contribution is 5.29. The van der Waals surface area contributed by atoms with Crippen LogP contribution >= 0.6 is 0 Å². The molecular formula is C14H21NO. The number of ether oxygens (including phenoxy) is 1. The van der Waals surface area contributed by atoms with Crippen LogP contribution in [0, 0.1) is 19.8 Å². The Hall–Kier alpha value is -0.860. The Morgan fingerprint density at radius 3 is 2.56 bits per heavy atom. The van der Waals surface area contributed by atoms with Gasteiger partial charge in [-0.2, -0.15) is 0 Å². The van der Waals surface area contributed by atoms with Gasteiger partial charge < -0.3 is 10.5 Å². The molecule has 16 heavy (non-hydrogen) atoms. The van der Waals surface area contributed by atoms with Crippen LogP contribution in [-0.2, 0) is 11.2 Å². The molecule has 1 fully saturated rings. The summed E-state index contributed by atoms with van der Waals surface area (Å²) in [5.74, 6) is 0.481. The molecule has 2 unspecified atom stereocenters. The maximum Gasteiger partial charge on any atom is 0.0512 e. The third-order valence-electron chi connectivity index (χ3n) is 3.31. The van der Waals surface area contributed by atoms with Crippen LogP contribution in [0.2, 0.25) is 0 Å². The second kappa shape index (κ2) is 4.98. The molecule has 88 valence electrons. The zero-order chi connectivity index (χ0) is 11.5. The van der Waals surface area contributed by atoms with E-state index in [1.807, 2.05) is 0 Å². The molecule has 2 rings (SSSR count). The number of hydrogen-bond donors (Lipinski definition) is 1. The molecule has 0 bridgehead atoms. The molecule has 2 nitrogen and oxygen atoms in total. The van der Waals surface area contributed by atoms with Gasteiger partial charge in [0.05, 0.1) is 6.61 Å². The van der Waals surface area contributed by atoms with E-state index in [-0.39, 0.29) is 0 Å². The quantitative estimate of drug-likeness (QED) is 0.827. The third-order valence-corrected chi connectivity index (χ3v) is 3.31. The largest absolute Gasteiger partial charge is 0.381 e. The van der Waals surface area contributed by atoms with Gasteiger partial charge in [0, 0.05) is 18.6 Å². The minimum Gasteiger partial charge on any atom is -0.381 e. The average Bonchev–Trinajstić information content (AvgIpc) is 2.20. The lowest BCUT2D eigenvalue weighted by atomic mass is 9.89. The van der Waals surface area contributed by atoms with Crippen molar-refractivity contribution in [1.82, 2.24) is 0 Å². The molecule has 2 N–H and O–H groups in total. The van der Waals surface area contributed by atoms with Crippen molar-refractivity contribution in [2.24, 2.45) is 11.7 Å². The van der Waals surface area contributed by atoms with Gasteiger partial charge in [0.25, 0.3) is 0 Å². The molecule has 1 aromatic carbocycles. The van der Waals surface area contributed by atoms with Gasteiger partial charge in [0.1, 0.15) is 0 Å². The van der Waals surface area contributed by atoms with E-state index >= 15 is 0 Å². The van der Waals surface area contributed by atoms with Crippen molar-refractivity contribution in [3.05, 3.63) is 34.9 Å². The van der Waals surface area contributed by atoms with E-state index in [2.05, 4.69) is 32.0 Å². The van der Waals surface area contributed by atoms with E-state index in [9.17, 15) is 0 Å². The minimum atomic E-state index is 0.301. The van der Waals surface area contributed by atoms with Crippen molar-refractivity contribution in [3.63, 3.8) is 0 Å². The summed E-state index contributed by atoms with van der Waals surface area (Å²) in [5.41, 5.74) is 10.2. The minimum absolute atomic E-state index is 0.301. The monoisotopic (exact) mass is 219 g/mol. The topological polar surface area (TPSA) is 35.2 Å². The van der Waals surface area contributed by atoms with Crippen LogP contribution in [-0.4, -0.2) is 19.3 Å². The van der Waals surface area contributed by atoms with Gasteiger partial charge in [0.15, 0.2) is 0 Å². The lowest BCUT2D eigenvalue weighted by molar-refractivity contribution is 0.0422. The van der Waals surface area contributed by atoms with E-state index in [1.165, 1.54) is 16.7 Å². The van der Waals surface area contributed by atoms with Gasteiger partial charge >= 0.3 is 0 Å². The first-order valence-corrected chi connectivity index (χ1v) is 6.05. The number of hydrogen-bond acceptors (Lipinski definition) is 2. The second-order valence-corrected chi connectivity index (χ2v) is 4.99. The van der Waals surface area contributed by atoms with Crippen molar-refractivity contribution < 1.29 is 4.74 Å². The van der Waals surface area contributed by atoms with Gasteiger partial charge in [-0.1, -0.05) is 29.3 Å². The predicted molar refractivity (Wildman–Crippen MR) is 66.5 cm³/mol. The Morgan fingerprint density at radius 1 is 1.25 bits per heavy atom. The lowest BCUT2D eigenvalue weighted by Crippen LogP contribution is -2.39. The fraction of sp³-hybridized carbons (Fsp3) is 0.571. The van der Waals surface area contributed by atoms with Crippen molar-refractivity contribution in [3.8, 4) is 0 Å². The van der Waals surface area contributed by atoms with E-state index in [4.69, 9.17) is 10.5 Å². The standard InChI is InChI=1S/C14H21NO/c1-10-5-11(2)7-12(6-10)8-13-9-16-4-3-14(13)15/h5-7,13-14H,3-4,8-9,15H2,1-2H3. The van der Waals surface area contributed by atoms with Crippen molar-refractivity contribution in [2.75, 3.05) is 13.2 Å². The van der Waals surface area contributed by atoms with Gasteiger partial charge in [-0.3, -0.25) is 0 Å². The van der Waals surface area contributed by atoms with Gasteiger partial charge in [-0.05, 0) is 32.3 Å². The molecule has 2 heteroatoms. The summed E-state index contributed by atoms with van der Waals surface area (Å²) in [6.45, 7) is 5.93. The number of benzene rings is 1. The molecule has 1 saturated heterocycles. The average molecular weight is 219 g/mol. The van der Waals surface area contributed by atoms with Crippen LogP contribution in [0.3, 0.4) is 0 Å². The van der Waals surface area contributed by atoms with Crippen LogP contribution in [0.4, 0.5) is 0 Å². The highest BCUT2D eigenvalue weighted by Gasteiger charge is 2.22. The fourth-order valence-corrected chi connectivity index (χ4v) is 2.51. The lowest BCUT2D eigenvalue weighted by Gasteiger charge is -2.28. The summed E-state index contributed by atoms with van der Waals surface area (Å²) in [5, 5.41) is 0. The van der Waals surface area contributed by atoms with Crippen molar-refractivity contribution >= 4 is 0 Å². The molecule has 1 aliphatic heterocycles. The molecule has 2 atom stereocenters. The molecule has 0 aromatic heterocycles. The highest BCUT2D eigenvalue weighted by atomic mass is 16.5. The molecule has 0 saturated carbocycles. The second-order valence-electron chi connectivity index (χ2n) is 4.99.